The number of para-hydroxylation sites is 5. The van der Waals surface area contributed by atoms with Gasteiger partial charge in [0, 0.05) is 28.2 Å². The van der Waals surface area contributed by atoms with Gasteiger partial charge >= 0.3 is 0 Å². The Morgan fingerprint density at radius 3 is 1.32 bits per heavy atom. The maximum atomic E-state index is 5.07. The highest BCUT2D eigenvalue weighted by atomic mass is 15.3. The van der Waals surface area contributed by atoms with Gasteiger partial charge in [0.15, 0.2) is 5.84 Å². The Hall–Kier alpha value is -5.94. The molecule has 2 aliphatic rings. The van der Waals surface area contributed by atoms with E-state index >= 15 is 0 Å². The average Bonchev–Trinajstić information content (AvgIpc) is 3.11. The lowest BCUT2D eigenvalue weighted by Crippen LogP contribution is -2.36. The predicted molar refractivity (Wildman–Crippen MR) is 183 cm³/mol. The van der Waals surface area contributed by atoms with Gasteiger partial charge in [-0.05, 0) is 60.7 Å². The van der Waals surface area contributed by atoms with Crippen LogP contribution in [0.2, 0.25) is 0 Å². The summed E-state index contributed by atoms with van der Waals surface area (Å²) in [6, 6.07) is 57.0. The third-order valence-corrected chi connectivity index (χ3v) is 8.05. The molecule has 0 spiro atoms. The molecule has 0 atom stereocenters. The van der Waals surface area contributed by atoms with Crippen LogP contribution in [0.4, 0.5) is 39.8 Å². The largest absolute Gasteiger partial charge is 0.306 e. The van der Waals surface area contributed by atoms with Gasteiger partial charge in [0.05, 0.1) is 22.7 Å². The van der Waals surface area contributed by atoms with Crippen LogP contribution in [0, 0.1) is 0 Å². The Labute approximate surface area is 257 Å². The van der Waals surface area contributed by atoms with Crippen molar-refractivity contribution in [3.63, 3.8) is 0 Å². The van der Waals surface area contributed by atoms with Gasteiger partial charge in [-0.15, -0.1) is 0 Å². The summed E-state index contributed by atoms with van der Waals surface area (Å²) in [5.41, 5.74) is 9.87. The highest BCUT2D eigenvalue weighted by Gasteiger charge is 2.30. The first kappa shape index (κ1) is 25.7. The Balaban J connectivity index is 1.18. The Morgan fingerprint density at radius 1 is 0.386 bits per heavy atom. The van der Waals surface area contributed by atoms with Gasteiger partial charge in [0.2, 0.25) is 0 Å². The van der Waals surface area contributed by atoms with Crippen molar-refractivity contribution in [1.82, 2.24) is 0 Å². The Morgan fingerprint density at radius 2 is 0.795 bits per heavy atom. The van der Waals surface area contributed by atoms with E-state index in [2.05, 4.69) is 154 Å². The zero-order valence-electron chi connectivity index (χ0n) is 24.0. The fraction of sp³-hybridized carbons (Fsp3) is 0.0256. The lowest BCUT2D eigenvalue weighted by atomic mass is 10.0. The van der Waals surface area contributed by atoms with Crippen molar-refractivity contribution in [2.24, 2.45) is 9.98 Å². The Kier molecular flexibility index (Phi) is 6.46. The number of amidine groups is 2. The summed E-state index contributed by atoms with van der Waals surface area (Å²) in [5.74, 6) is 1.64. The van der Waals surface area contributed by atoms with Crippen LogP contribution in [-0.4, -0.2) is 18.3 Å². The van der Waals surface area contributed by atoms with Gasteiger partial charge in [0.1, 0.15) is 12.5 Å². The average molecular weight is 568 g/mol. The van der Waals surface area contributed by atoms with E-state index < -0.39 is 0 Å². The van der Waals surface area contributed by atoms with E-state index in [1.165, 1.54) is 0 Å². The van der Waals surface area contributed by atoms with E-state index in [-0.39, 0.29) is 0 Å². The highest BCUT2D eigenvalue weighted by molar-refractivity contribution is 6.19. The van der Waals surface area contributed by atoms with Gasteiger partial charge in [-0.1, -0.05) is 103 Å². The second kappa shape index (κ2) is 11.0. The number of hydrogen-bond acceptors (Lipinski definition) is 5. The molecule has 0 unspecified atom stereocenters. The van der Waals surface area contributed by atoms with E-state index in [9.17, 15) is 0 Å². The summed E-state index contributed by atoms with van der Waals surface area (Å²) in [6.07, 6.45) is 0. The van der Waals surface area contributed by atoms with Gasteiger partial charge < -0.3 is 14.7 Å². The number of benzene rings is 6. The van der Waals surface area contributed by atoms with Crippen LogP contribution < -0.4 is 14.7 Å². The molecule has 0 fully saturated rings. The van der Waals surface area contributed by atoms with Crippen molar-refractivity contribution in [1.29, 1.82) is 0 Å². The van der Waals surface area contributed by atoms with Crippen molar-refractivity contribution in [2.75, 3.05) is 21.4 Å². The molecular weight excluding hydrogens is 538 g/mol. The molecule has 0 aromatic heterocycles. The molecule has 0 amide bonds. The normalized spacial score (nSPS) is 14.0. The predicted octanol–water partition coefficient (Wildman–Crippen LogP) is 9.61. The molecule has 0 saturated heterocycles. The molecule has 0 bridgehead atoms. The molecule has 44 heavy (non-hydrogen) atoms. The number of hydrogen-bond donors (Lipinski definition) is 0. The van der Waals surface area contributed by atoms with Crippen molar-refractivity contribution in [3.05, 3.63) is 175 Å². The molecule has 6 aromatic rings. The number of aliphatic imine (C=N–C) groups is 2. The SMILES string of the molecule is c1ccc(C2=NCN(c3ccc(N4c5ccccc5N(c5ccccc5)c5ccccc54)cc3)C(c3ccccc3)=N2)cc1. The summed E-state index contributed by atoms with van der Waals surface area (Å²) >= 11 is 0. The second-order valence-electron chi connectivity index (χ2n) is 10.7. The third-order valence-electron chi connectivity index (χ3n) is 8.05. The summed E-state index contributed by atoms with van der Waals surface area (Å²) in [6.45, 7) is 0.485. The van der Waals surface area contributed by atoms with Gasteiger partial charge in [-0.25, -0.2) is 9.98 Å². The molecule has 6 aromatic carbocycles. The van der Waals surface area contributed by atoms with E-state index in [0.29, 0.717) is 6.67 Å². The second-order valence-corrected chi connectivity index (χ2v) is 10.7. The topological polar surface area (TPSA) is 34.4 Å². The molecule has 0 saturated carbocycles. The molecule has 2 aliphatic heterocycles. The Bertz CT molecular complexity index is 1940. The van der Waals surface area contributed by atoms with Crippen LogP contribution in [0.15, 0.2) is 174 Å². The quantitative estimate of drug-likeness (QED) is 0.208. The summed E-state index contributed by atoms with van der Waals surface area (Å²) in [7, 11) is 0. The van der Waals surface area contributed by atoms with Crippen molar-refractivity contribution in [3.8, 4) is 0 Å². The van der Waals surface area contributed by atoms with Gasteiger partial charge in [-0.2, -0.15) is 0 Å². The van der Waals surface area contributed by atoms with Crippen molar-refractivity contribution >= 4 is 51.5 Å². The fourth-order valence-corrected chi connectivity index (χ4v) is 6.01. The van der Waals surface area contributed by atoms with E-state index in [4.69, 9.17) is 9.98 Å². The molecule has 210 valence electrons. The molecule has 0 aliphatic carbocycles. The molecule has 5 heteroatoms. The van der Waals surface area contributed by atoms with Crippen LogP contribution in [-0.2, 0) is 0 Å². The molecule has 5 nitrogen and oxygen atoms in total. The smallest absolute Gasteiger partial charge is 0.158 e. The summed E-state index contributed by atoms with van der Waals surface area (Å²) < 4.78 is 0. The monoisotopic (exact) mass is 567 g/mol. The molecular formula is C39H29N5. The van der Waals surface area contributed by atoms with Crippen molar-refractivity contribution < 1.29 is 0 Å². The fourth-order valence-electron chi connectivity index (χ4n) is 6.01. The first-order valence-corrected chi connectivity index (χ1v) is 14.8. The number of anilines is 7. The third kappa shape index (κ3) is 4.52. The standard InChI is InChI=1S/C39H29N5/c1-4-14-29(15-5-1)38-40-28-42(39(41-38)30-16-6-2-7-17-30)31-24-26-33(27-25-31)44-36-22-12-10-20-34(36)43(32-18-8-3-9-19-32)35-21-11-13-23-37(35)44/h1-27H,28H2. The lowest BCUT2D eigenvalue weighted by molar-refractivity contribution is 0.985. The number of fused-ring (bicyclic) bond motifs is 2. The molecule has 0 radical (unpaired) electrons. The number of rotatable bonds is 5. The van der Waals surface area contributed by atoms with Crippen LogP contribution in [0.3, 0.4) is 0 Å². The van der Waals surface area contributed by atoms with Crippen LogP contribution in [0.25, 0.3) is 0 Å². The maximum absolute atomic E-state index is 5.07. The first-order chi connectivity index (χ1) is 21.8. The molecule has 8 rings (SSSR count). The minimum Gasteiger partial charge on any atom is -0.306 e. The first-order valence-electron chi connectivity index (χ1n) is 14.8. The molecule has 0 N–H and O–H groups in total. The van der Waals surface area contributed by atoms with Crippen LogP contribution in [0.1, 0.15) is 11.1 Å². The summed E-state index contributed by atoms with van der Waals surface area (Å²) in [4.78, 5) is 16.8. The van der Waals surface area contributed by atoms with E-state index in [1.807, 2.05) is 24.3 Å². The zero-order valence-corrected chi connectivity index (χ0v) is 24.0. The van der Waals surface area contributed by atoms with Gasteiger partial charge in [0.25, 0.3) is 0 Å². The lowest BCUT2D eigenvalue weighted by Gasteiger charge is -2.40. The maximum Gasteiger partial charge on any atom is 0.158 e. The molecule has 2 heterocycles. The minimum atomic E-state index is 0.485. The van der Waals surface area contributed by atoms with E-state index in [0.717, 1.165) is 62.6 Å². The minimum absolute atomic E-state index is 0.485. The van der Waals surface area contributed by atoms with Gasteiger partial charge in [-0.3, -0.25) is 0 Å². The zero-order chi connectivity index (χ0) is 29.3. The van der Waals surface area contributed by atoms with Crippen LogP contribution >= 0.6 is 0 Å². The van der Waals surface area contributed by atoms with Crippen molar-refractivity contribution in [2.45, 2.75) is 0 Å². The number of nitrogens with zero attached hydrogens (tertiary/aromatic N) is 5. The summed E-state index contributed by atoms with van der Waals surface area (Å²) in [5, 5.41) is 0. The highest BCUT2D eigenvalue weighted by Crippen LogP contribution is 2.53. The van der Waals surface area contributed by atoms with Crippen LogP contribution in [0.5, 0.6) is 0 Å². The van der Waals surface area contributed by atoms with E-state index in [1.54, 1.807) is 0 Å².